The van der Waals surface area contributed by atoms with Crippen LogP contribution in [0.25, 0.3) is 0 Å². The van der Waals surface area contributed by atoms with Gasteiger partial charge in [-0.1, -0.05) is 0 Å². The average molecular weight is 111 g/mol. The van der Waals surface area contributed by atoms with Crippen LogP contribution in [-0.4, -0.2) is 25.7 Å². The maximum Gasteiger partial charge on any atom is 0.108 e. The van der Waals surface area contributed by atoms with Gasteiger partial charge >= 0.3 is 0 Å². The van der Waals surface area contributed by atoms with Crippen molar-refractivity contribution in [2.75, 3.05) is 19.6 Å². The van der Waals surface area contributed by atoms with E-state index in [1.807, 2.05) is 0 Å². The second-order valence-electron chi connectivity index (χ2n) is 1.84. The van der Waals surface area contributed by atoms with E-state index in [1.54, 1.807) is 0 Å². The van der Waals surface area contributed by atoms with Crippen molar-refractivity contribution in [3.05, 3.63) is 0 Å². The first-order valence-corrected chi connectivity index (χ1v) is 2.77. The normalized spacial score (nSPS) is 29.1. The van der Waals surface area contributed by atoms with Gasteiger partial charge in [-0.3, -0.25) is 5.32 Å². The molecule has 0 amide bonds. The molecule has 0 aromatic rings. The molecule has 0 unspecified atom stereocenters. The van der Waals surface area contributed by atoms with Crippen molar-refractivity contribution in [1.29, 1.82) is 5.26 Å². The molecule has 3 heteroatoms. The summed E-state index contributed by atoms with van der Waals surface area (Å²) in [5.41, 5.74) is 0. The molecule has 0 saturated carbocycles. The minimum absolute atomic E-state index is 0.0312. The summed E-state index contributed by atoms with van der Waals surface area (Å²) in [7, 11) is 0. The van der Waals surface area contributed by atoms with E-state index in [2.05, 4.69) is 16.7 Å². The van der Waals surface area contributed by atoms with Gasteiger partial charge in [-0.25, -0.2) is 0 Å². The summed E-state index contributed by atoms with van der Waals surface area (Å²) >= 11 is 0. The Balaban J connectivity index is 2.25. The molecule has 1 saturated heterocycles. The van der Waals surface area contributed by atoms with Gasteiger partial charge in [0.15, 0.2) is 0 Å². The lowest BCUT2D eigenvalue weighted by Crippen LogP contribution is -2.47. The highest BCUT2D eigenvalue weighted by Gasteiger charge is 2.08. The second kappa shape index (κ2) is 2.65. The average Bonchev–Trinajstić information content (AvgIpc) is 1.90. The molecule has 0 bridgehead atoms. The molecular weight excluding hydrogens is 102 g/mol. The minimum atomic E-state index is 0.0312. The highest BCUT2D eigenvalue weighted by molar-refractivity contribution is 4.93. The van der Waals surface area contributed by atoms with Crippen LogP contribution in [0.1, 0.15) is 0 Å². The third kappa shape index (κ3) is 1.19. The summed E-state index contributed by atoms with van der Waals surface area (Å²) < 4.78 is 0. The van der Waals surface area contributed by atoms with Crippen LogP contribution in [0.4, 0.5) is 0 Å². The van der Waals surface area contributed by atoms with Crippen LogP contribution >= 0.6 is 0 Å². The van der Waals surface area contributed by atoms with E-state index < -0.39 is 0 Å². The molecule has 1 aliphatic heterocycles. The summed E-state index contributed by atoms with van der Waals surface area (Å²) in [6, 6.07) is 2.16. The van der Waals surface area contributed by atoms with Gasteiger partial charge in [-0.15, -0.1) is 0 Å². The molecule has 0 aromatic carbocycles. The predicted molar refractivity (Wildman–Crippen MR) is 30.3 cm³/mol. The van der Waals surface area contributed by atoms with Gasteiger partial charge in [0, 0.05) is 19.6 Å². The van der Waals surface area contributed by atoms with Crippen LogP contribution in [0.15, 0.2) is 0 Å². The zero-order valence-corrected chi connectivity index (χ0v) is 4.65. The van der Waals surface area contributed by atoms with Gasteiger partial charge in [-0.05, 0) is 0 Å². The molecule has 1 fully saturated rings. The van der Waals surface area contributed by atoms with Crippen LogP contribution in [0.2, 0.25) is 0 Å². The van der Waals surface area contributed by atoms with Crippen LogP contribution in [0, 0.1) is 11.3 Å². The van der Waals surface area contributed by atoms with E-state index in [1.165, 1.54) is 0 Å². The zero-order chi connectivity index (χ0) is 5.82. The van der Waals surface area contributed by atoms with Crippen molar-refractivity contribution in [3.8, 4) is 6.07 Å². The summed E-state index contributed by atoms with van der Waals surface area (Å²) in [6.45, 7) is 2.69. The fraction of sp³-hybridized carbons (Fsp3) is 0.800. The fourth-order valence-electron chi connectivity index (χ4n) is 0.745. The molecule has 44 valence electrons. The largest absolute Gasteiger partial charge is 0.313 e. The quantitative estimate of drug-likeness (QED) is 0.424. The predicted octanol–water partition coefficient (Wildman–Crippen LogP) is -0.929. The molecule has 0 aromatic heterocycles. The highest BCUT2D eigenvalue weighted by atomic mass is 15.0. The molecule has 0 spiro atoms. The Labute approximate surface area is 48.7 Å². The van der Waals surface area contributed by atoms with Crippen molar-refractivity contribution >= 4 is 0 Å². The van der Waals surface area contributed by atoms with E-state index in [0.717, 1.165) is 19.6 Å². The van der Waals surface area contributed by atoms with Gasteiger partial charge < -0.3 is 5.32 Å². The third-order valence-corrected chi connectivity index (χ3v) is 1.20. The summed E-state index contributed by atoms with van der Waals surface area (Å²) in [5.74, 6) is 0. The molecule has 8 heavy (non-hydrogen) atoms. The minimum Gasteiger partial charge on any atom is -0.313 e. The van der Waals surface area contributed by atoms with E-state index >= 15 is 0 Å². The number of nitriles is 1. The maximum atomic E-state index is 8.34. The lowest BCUT2D eigenvalue weighted by molar-refractivity contribution is 0.477. The number of nitrogens with zero attached hydrogens (tertiary/aromatic N) is 1. The van der Waals surface area contributed by atoms with Gasteiger partial charge in [-0.2, -0.15) is 5.26 Å². The monoisotopic (exact) mass is 111 g/mol. The first kappa shape index (κ1) is 5.54. The first-order valence-electron chi connectivity index (χ1n) is 2.77. The van der Waals surface area contributed by atoms with Crippen LogP contribution in [0.5, 0.6) is 0 Å². The molecule has 3 nitrogen and oxygen atoms in total. The van der Waals surface area contributed by atoms with Crippen molar-refractivity contribution < 1.29 is 0 Å². The fourth-order valence-corrected chi connectivity index (χ4v) is 0.745. The molecule has 1 rings (SSSR count). The Morgan fingerprint density at radius 3 is 2.75 bits per heavy atom. The standard InChI is InChI=1S/C5H9N3/c6-3-5-4-7-1-2-8-5/h5,7-8H,1-2,4H2/t5-/m0/s1. The number of piperazine rings is 1. The zero-order valence-electron chi connectivity index (χ0n) is 4.65. The third-order valence-electron chi connectivity index (χ3n) is 1.20. The lowest BCUT2D eigenvalue weighted by atomic mass is 10.3. The van der Waals surface area contributed by atoms with Gasteiger partial charge in [0.1, 0.15) is 6.04 Å². The van der Waals surface area contributed by atoms with Crippen LogP contribution in [-0.2, 0) is 0 Å². The number of hydrogen-bond donors (Lipinski definition) is 2. The van der Waals surface area contributed by atoms with Crippen LogP contribution < -0.4 is 10.6 Å². The van der Waals surface area contributed by atoms with E-state index in [9.17, 15) is 0 Å². The number of nitrogens with one attached hydrogen (secondary N) is 2. The molecular formula is C5H9N3. The number of hydrogen-bond acceptors (Lipinski definition) is 3. The van der Waals surface area contributed by atoms with Crippen LogP contribution in [0.3, 0.4) is 0 Å². The molecule has 0 aliphatic carbocycles. The number of rotatable bonds is 0. The van der Waals surface area contributed by atoms with Gasteiger partial charge in [0.05, 0.1) is 6.07 Å². The first-order chi connectivity index (χ1) is 3.93. The Kier molecular flexibility index (Phi) is 1.84. The Hall–Kier alpha value is -0.590. The summed E-state index contributed by atoms with van der Waals surface area (Å²) in [5, 5.41) is 14.5. The van der Waals surface area contributed by atoms with Gasteiger partial charge in [0.25, 0.3) is 0 Å². The molecule has 0 radical (unpaired) electrons. The van der Waals surface area contributed by atoms with Crippen molar-refractivity contribution in [3.63, 3.8) is 0 Å². The van der Waals surface area contributed by atoms with Crippen molar-refractivity contribution in [2.45, 2.75) is 6.04 Å². The van der Waals surface area contributed by atoms with E-state index in [0.29, 0.717) is 0 Å². The molecule has 1 aliphatic rings. The topological polar surface area (TPSA) is 47.9 Å². The SMILES string of the molecule is N#C[C@H]1CNCCN1. The Bertz CT molecular complexity index is 98.7. The lowest BCUT2D eigenvalue weighted by Gasteiger charge is -2.17. The highest BCUT2D eigenvalue weighted by Crippen LogP contribution is 1.81. The van der Waals surface area contributed by atoms with Gasteiger partial charge in [0.2, 0.25) is 0 Å². The Morgan fingerprint density at radius 1 is 1.50 bits per heavy atom. The summed E-state index contributed by atoms with van der Waals surface area (Å²) in [4.78, 5) is 0. The Morgan fingerprint density at radius 2 is 2.38 bits per heavy atom. The maximum absolute atomic E-state index is 8.34. The van der Waals surface area contributed by atoms with Crippen molar-refractivity contribution in [2.24, 2.45) is 0 Å². The summed E-state index contributed by atoms with van der Waals surface area (Å²) in [6.07, 6.45) is 0. The molecule has 1 atom stereocenters. The van der Waals surface area contributed by atoms with Crippen molar-refractivity contribution in [1.82, 2.24) is 10.6 Å². The second-order valence-corrected chi connectivity index (χ2v) is 1.84. The van der Waals surface area contributed by atoms with E-state index in [4.69, 9.17) is 5.26 Å². The van der Waals surface area contributed by atoms with E-state index in [-0.39, 0.29) is 6.04 Å². The smallest absolute Gasteiger partial charge is 0.108 e. The molecule has 2 N–H and O–H groups in total. The molecule has 1 heterocycles.